The molecule has 2 aromatic heterocycles. The molecule has 0 fully saturated rings. The van der Waals surface area contributed by atoms with Crippen LogP contribution < -0.4 is 4.74 Å². The second-order valence-electron chi connectivity index (χ2n) is 8.77. The number of pyridine rings is 1. The smallest absolute Gasteiger partial charge is 0.212 e. The summed E-state index contributed by atoms with van der Waals surface area (Å²) in [6.45, 7) is 0.740. The topological polar surface area (TPSA) is 64.2 Å². The number of ketones is 1. The van der Waals surface area contributed by atoms with Crippen molar-refractivity contribution in [1.29, 1.82) is 0 Å². The van der Waals surface area contributed by atoms with Gasteiger partial charge in [-0.2, -0.15) is 0 Å². The summed E-state index contributed by atoms with van der Waals surface area (Å²) in [5.41, 5.74) is 4.70. The fraction of sp³-hybridized carbons (Fsp3) is 0.0968. The van der Waals surface area contributed by atoms with Crippen molar-refractivity contribution < 1.29 is 14.3 Å². The number of aromatic amines is 1. The highest BCUT2D eigenvalue weighted by Crippen LogP contribution is 2.34. The fourth-order valence-corrected chi connectivity index (χ4v) is 4.80. The monoisotopic (exact) mass is 472 g/mol. The van der Waals surface area contributed by atoms with E-state index in [-0.39, 0.29) is 12.4 Å². The largest absolute Gasteiger partial charge is 0.489 e. The minimum Gasteiger partial charge on any atom is -0.489 e. The molecule has 0 spiro atoms. The van der Waals surface area contributed by atoms with Crippen LogP contribution in [-0.4, -0.2) is 22.9 Å². The Hall–Kier alpha value is -4.48. The van der Waals surface area contributed by atoms with Crippen LogP contribution in [0.25, 0.3) is 32.6 Å². The first kappa shape index (κ1) is 22.0. The summed E-state index contributed by atoms with van der Waals surface area (Å²) in [6.07, 6.45) is 1.73. The minimum absolute atomic E-state index is 0.119. The van der Waals surface area contributed by atoms with Crippen LogP contribution in [0, 0.1) is 0 Å². The van der Waals surface area contributed by atoms with E-state index in [1.165, 1.54) is 0 Å². The highest BCUT2D eigenvalue weighted by atomic mass is 16.5. The lowest BCUT2D eigenvalue weighted by atomic mass is 9.96. The normalized spacial score (nSPS) is 11.4. The van der Waals surface area contributed by atoms with Crippen molar-refractivity contribution in [2.24, 2.45) is 0 Å². The standard InChI is InChI=1S/C31H24N2O3/c1-35-19-26-29-25-16-22(36-18-20-8-3-2-4-9-20)14-15-27(25)33-28(29)17-32-30(26)31(34)24-13-7-11-21-10-5-6-12-23(21)24/h2-17,33H,18-19H2,1H3. The predicted molar refractivity (Wildman–Crippen MR) is 142 cm³/mol. The van der Waals surface area contributed by atoms with E-state index in [1.807, 2.05) is 91.0 Å². The Morgan fingerprint density at radius 3 is 2.50 bits per heavy atom. The van der Waals surface area contributed by atoms with Crippen LogP contribution in [0.15, 0.2) is 97.2 Å². The first-order chi connectivity index (χ1) is 17.7. The summed E-state index contributed by atoms with van der Waals surface area (Å²) in [5, 5.41) is 3.82. The molecule has 0 bridgehead atoms. The van der Waals surface area contributed by atoms with E-state index >= 15 is 0 Å². The Labute approximate surface area is 208 Å². The molecule has 6 rings (SSSR count). The van der Waals surface area contributed by atoms with E-state index in [2.05, 4.69) is 9.97 Å². The molecular formula is C31H24N2O3. The molecule has 0 saturated heterocycles. The van der Waals surface area contributed by atoms with E-state index in [9.17, 15) is 4.79 Å². The lowest BCUT2D eigenvalue weighted by molar-refractivity contribution is 0.103. The molecule has 5 nitrogen and oxygen atoms in total. The molecule has 1 N–H and O–H groups in total. The Morgan fingerprint density at radius 1 is 0.833 bits per heavy atom. The minimum atomic E-state index is -0.119. The highest BCUT2D eigenvalue weighted by molar-refractivity contribution is 6.19. The fourth-order valence-electron chi connectivity index (χ4n) is 4.80. The van der Waals surface area contributed by atoms with Gasteiger partial charge in [0.2, 0.25) is 5.78 Å². The molecular weight excluding hydrogens is 448 g/mol. The van der Waals surface area contributed by atoms with Crippen molar-refractivity contribution in [2.45, 2.75) is 13.2 Å². The SMILES string of the molecule is COCc1c(C(=O)c2cccc3ccccc23)ncc2[nH]c3ccc(OCc4ccccc4)cc3c12. The molecule has 176 valence electrons. The van der Waals surface area contributed by atoms with Crippen LogP contribution in [0.4, 0.5) is 0 Å². The summed E-state index contributed by atoms with van der Waals surface area (Å²) in [6, 6.07) is 29.7. The van der Waals surface area contributed by atoms with Crippen molar-refractivity contribution in [1.82, 2.24) is 9.97 Å². The number of nitrogens with one attached hydrogen (secondary N) is 1. The van der Waals surface area contributed by atoms with Gasteiger partial charge in [0.25, 0.3) is 0 Å². The number of hydrogen-bond acceptors (Lipinski definition) is 4. The van der Waals surface area contributed by atoms with Gasteiger partial charge in [0.15, 0.2) is 0 Å². The Balaban J connectivity index is 1.47. The van der Waals surface area contributed by atoms with Gasteiger partial charge in [-0.1, -0.05) is 72.8 Å². The number of H-pyrrole nitrogens is 1. The van der Waals surface area contributed by atoms with E-state index in [0.717, 1.165) is 49.5 Å². The molecule has 0 aliphatic rings. The highest BCUT2D eigenvalue weighted by Gasteiger charge is 2.22. The second-order valence-corrected chi connectivity index (χ2v) is 8.77. The van der Waals surface area contributed by atoms with E-state index in [1.54, 1.807) is 13.3 Å². The van der Waals surface area contributed by atoms with Crippen molar-refractivity contribution >= 4 is 38.4 Å². The molecule has 0 aliphatic carbocycles. The van der Waals surface area contributed by atoms with E-state index in [4.69, 9.17) is 9.47 Å². The molecule has 36 heavy (non-hydrogen) atoms. The second kappa shape index (κ2) is 9.29. The number of nitrogens with zero attached hydrogens (tertiary/aromatic N) is 1. The molecule has 5 heteroatoms. The maximum atomic E-state index is 13.8. The van der Waals surface area contributed by atoms with Crippen LogP contribution >= 0.6 is 0 Å². The average molecular weight is 473 g/mol. The molecule has 0 amide bonds. The number of rotatable bonds is 7. The van der Waals surface area contributed by atoms with Crippen LogP contribution in [0.2, 0.25) is 0 Å². The first-order valence-electron chi connectivity index (χ1n) is 11.8. The van der Waals surface area contributed by atoms with E-state index < -0.39 is 0 Å². The Kier molecular flexibility index (Phi) is 5.68. The predicted octanol–water partition coefficient (Wildman–Crippen LogP) is 6.83. The maximum absolute atomic E-state index is 13.8. The summed E-state index contributed by atoms with van der Waals surface area (Å²) in [7, 11) is 1.63. The molecule has 4 aromatic carbocycles. The first-order valence-corrected chi connectivity index (χ1v) is 11.8. The van der Waals surface area contributed by atoms with Gasteiger partial charge < -0.3 is 14.5 Å². The molecule has 0 saturated carbocycles. The number of hydrogen-bond donors (Lipinski definition) is 1. The molecule has 2 heterocycles. The van der Waals surface area contributed by atoms with Gasteiger partial charge in [-0.3, -0.25) is 9.78 Å². The lowest BCUT2D eigenvalue weighted by Gasteiger charge is -2.11. The van der Waals surface area contributed by atoms with Crippen LogP contribution in [-0.2, 0) is 18.0 Å². The van der Waals surface area contributed by atoms with Gasteiger partial charge in [-0.15, -0.1) is 0 Å². The average Bonchev–Trinajstić information content (AvgIpc) is 3.30. The molecule has 0 aliphatic heterocycles. The zero-order valence-corrected chi connectivity index (χ0v) is 19.8. The zero-order valence-electron chi connectivity index (χ0n) is 19.8. The number of methoxy groups -OCH3 is 1. The summed E-state index contributed by atoms with van der Waals surface area (Å²) in [5.74, 6) is 0.640. The molecule has 0 radical (unpaired) electrons. The molecule has 6 aromatic rings. The van der Waals surface area contributed by atoms with Crippen molar-refractivity contribution in [3.8, 4) is 5.75 Å². The summed E-state index contributed by atoms with van der Waals surface area (Å²) in [4.78, 5) is 21.9. The van der Waals surface area contributed by atoms with Gasteiger partial charge in [0.05, 0.1) is 18.3 Å². The third kappa shape index (κ3) is 3.89. The summed E-state index contributed by atoms with van der Waals surface area (Å²) >= 11 is 0. The zero-order chi connectivity index (χ0) is 24.5. The number of aromatic nitrogens is 2. The van der Waals surface area contributed by atoms with Gasteiger partial charge in [0.1, 0.15) is 18.1 Å². The molecule has 0 unspecified atom stereocenters. The van der Waals surface area contributed by atoms with Crippen LogP contribution in [0.3, 0.4) is 0 Å². The number of ether oxygens (including phenoxy) is 2. The third-order valence-electron chi connectivity index (χ3n) is 6.50. The Morgan fingerprint density at radius 2 is 1.64 bits per heavy atom. The quantitative estimate of drug-likeness (QED) is 0.259. The van der Waals surface area contributed by atoms with Crippen LogP contribution in [0.5, 0.6) is 5.75 Å². The van der Waals surface area contributed by atoms with Crippen molar-refractivity contribution in [3.63, 3.8) is 0 Å². The third-order valence-corrected chi connectivity index (χ3v) is 6.50. The lowest BCUT2D eigenvalue weighted by Crippen LogP contribution is -2.10. The van der Waals surface area contributed by atoms with Crippen molar-refractivity contribution in [2.75, 3.05) is 7.11 Å². The molecule has 0 atom stereocenters. The van der Waals surface area contributed by atoms with E-state index in [0.29, 0.717) is 17.9 Å². The van der Waals surface area contributed by atoms with Crippen LogP contribution in [0.1, 0.15) is 27.2 Å². The Bertz CT molecular complexity index is 1720. The summed E-state index contributed by atoms with van der Waals surface area (Å²) < 4.78 is 11.7. The maximum Gasteiger partial charge on any atom is 0.212 e. The number of carbonyl (C=O) groups excluding carboxylic acids is 1. The number of fused-ring (bicyclic) bond motifs is 4. The van der Waals surface area contributed by atoms with Gasteiger partial charge in [-0.25, -0.2) is 0 Å². The van der Waals surface area contributed by atoms with Gasteiger partial charge in [0, 0.05) is 34.5 Å². The van der Waals surface area contributed by atoms with Gasteiger partial charge >= 0.3 is 0 Å². The van der Waals surface area contributed by atoms with Gasteiger partial charge in [-0.05, 0) is 34.5 Å². The van der Waals surface area contributed by atoms with Crippen molar-refractivity contribution in [3.05, 3.63) is 120 Å². The number of carbonyl (C=O) groups is 1. The number of benzene rings is 4.